The minimum Gasteiger partial charge on any atom is -0.376 e. The SMILES string of the molecule is CCOC(C)(C)CCNC(=O)CCCCC(=O)N1Cc2ccccc2-c2nnn(Cc3ccc(C[C@@H]4NC5CC5C4=O)cc3)c2-c2ccccc21. The van der Waals surface area contributed by atoms with Crippen LogP contribution in [0.2, 0.25) is 0 Å². The molecule has 1 saturated carbocycles. The summed E-state index contributed by atoms with van der Waals surface area (Å²) < 4.78 is 7.65. The van der Waals surface area contributed by atoms with Crippen LogP contribution in [0.3, 0.4) is 0 Å². The lowest BCUT2D eigenvalue weighted by atomic mass is 9.95. The predicted molar refractivity (Wildman–Crippen MR) is 197 cm³/mol. The molecule has 1 aromatic heterocycles. The van der Waals surface area contributed by atoms with Crippen molar-refractivity contribution in [3.8, 4) is 22.5 Å². The van der Waals surface area contributed by atoms with E-state index in [0.717, 1.165) is 57.7 Å². The molecule has 51 heavy (non-hydrogen) atoms. The molecule has 1 saturated heterocycles. The number of rotatable bonds is 14. The van der Waals surface area contributed by atoms with Crippen LogP contribution < -0.4 is 15.5 Å². The number of Topliss-reactive ketones (excluding diaryl/α,β-unsaturated/α-hetero) is 1. The van der Waals surface area contributed by atoms with Crippen molar-refractivity contribution in [1.82, 2.24) is 25.6 Å². The Morgan fingerprint density at radius 1 is 0.961 bits per heavy atom. The van der Waals surface area contributed by atoms with Crippen LogP contribution in [0.4, 0.5) is 5.69 Å². The maximum atomic E-state index is 14.0. The summed E-state index contributed by atoms with van der Waals surface area (Å²) >= 11 is 0. The number of carbonyl (C=O) groups excluding carboxylic acids is 3. The minimum absolute atomic E-state index is 0.000410. The zero-order valence-electron chi connectivity index (χ0n) is 29.9. The topological polar surface area (TPSA) is 118 Å². The van der Waals surface area contributed by atoms with E-state index in [4.69, 9.17) is 9.84 Å². The fourth-order valence-electron chi connectivity index (χ4n) is 7.54. The summed E-state index contributed by atoms with van der Waals surface area (Å²) in [5, 5.41) is 15.8. The molecule has 0 bridgehead atoms. The van der Waals surface area contributed by atoms with Crippen molar-refractivity contribution in [3.05, 3.63) is 89.5 Å². The predicted octanol–water partition coefficient (Wildman–Crippen LogP) is 5.86. The van der Waals surface area contributed by atoms with Gasteiger partial charge in [-0.05, 0) is 75.6 Å². The summed E-state index contributed by atoms with van der Waals surface area (Å²) in [5.74, 6) is 0.600. The van der Waals surface area contributed by atoms with Crippen LogP contribution >= 0.6 is 0 Å². The Labute approximate surface area is 300 Å². The molecule has 3 aliphatic rings. The van der Waals surface area contributed by atoms with Gasteiger partial charge in [0.1, 0.15) is 5.69 Å². The molecule has 4 aromatic rings. The molecule has 2 aliphatic heterocycles. The molecule has 2 unspecified atom stereocenters. The number of anilines is 1. The number of aromatic nitrogens is 3. The smallest absolute Gasteiger partial charge is 0.227 e. The first-order chi connectivity index (χ1) is 24.7. The van der Waals surface area contributed by atoms with Gasteiger partial charge in [0, 0.05) is 49.1 Å². The van der Waals surface area contributed by atoms with E-state index < -0.39 is 0 Å². The third kappa shape index (κ3) is 7.82. The Morgan fingerprint density at radius 2 is 1.69 bits per heavy atom. The van der Waals surface area contributed by atoms with E-state index in [1.807, 2.05) is 66.8 Å². The Balaban J connectivity index is 1.05. The van der Waals surface area contributed by atoms with Gasteiger partial charge in [0.25, 0.3) is 0 Å². The van der Waals surface area contributed by atoms with Gasteiger partial charge >= 0.3 is 0 Å². The van der Waals surface area contributed by atoms with Crippen molar-refractivity contribution in [2.75, 3.05) is 18.1 Å². The van der Waals surface area contributed by atoms with Gasteiger partial charge in [-0.3, -0.25) is 14.4 Å². The standard InChI is InChI=1S/C41H48N6O4/c1-4-51-41(2,3)21-22-42-36(48)15-9-10-16-37(49)46-26-29-11-5-6-12-30(29)38-39(31-13-7-8-14-35(31)46)47(45-44-38)25-28-19-17-27(18-20-28)23-34-40(50)32-24-33(32)43-34/h5-8,11-14,17-20,32-34,43H,4,9-10,15-16,21-26H2,1-3H3,(H,42,48)/t32?,33?,34-/m0/s1. The van der Waals surface area contributed by atoms with Crippen molar-refractivity contribution in [3.63, 3.8) is 0 Å². The van der Waals surface area contributed by atoms with Gasteiger partial charge in [-0.1, -0.05) is 71.9 Å². The molecule has 10 heteroatoms. The molecule has 266 valence electrons. The average Bonchev–Trinajstić information content (AvgIpc) is 3.67. The Hall–Kier alpha value is -4.67. The van der Waals surface area contributed by atoms with Gasteiger partial charge in [0.15, 0.2) is 5.78 Å². The fraction of sp³-hybridized carbons (Fsp3) is 0.439. The molecule has 10 nitrogen and oxygen atoms in total. The number of ether oxygens (including phenoxy) is 1. The van der Waals surface area contributed by atoms with Crippen molar-refractivity contribution >= 4 is 23.3 Å². The molecule has 2 N–H and O–H groups in total. The second-order valence-corrected chi connectivity index (χ2v) is 14.7. The van der Waals surface area contributed by atoms with Crippen LogP contribution in [0.25, 0.3) is 22.5 Å². The first kappa shape index (κ1) is 34.8. The number of hydrogen-bond donors (Lipinski definition) is 2. The summed E-state index contributed by atoms with van der Waals surface area (Å²) in [6, 6.07) is 24.8. The van der Waals surface area contributed by atoms with Gasteiger partial charge in [-0.25, -0.2) is 4.68 Å². The number of fused-ring (bicyclic) bond motifs is 6. The summed E-state index contributed by atoms with van der Waals surface area (Å²) in [6.45, 7) is 8.15. The normalized spacial score (nSPS) is 19.0. The largest absolute Gasteiger partial charge is 0.376 e. The van der Waals surface area contributed by atoms with E-state index in [2.05, 4.69) is 52.2 Å². The van der Waals surface area contributed by atoms with Crippen molar-refractivity contribution < 1.29 is 19.1 Å². The van der Waals surface area contributed by atoms with E-state index in [-0.39, 0.29) is 29.4 Å². The highest BCUT2D eigenvalue weighted by atomic mass is 16.5. The maximum Gasteiger partial charge on any atom is 0.227 e. The number of carbonyl (C=O) groups is 3. The van der Waals surface area contributed by atoms with Crippen LogP contribution in [-0.4, -0.2) is 63.4 Å². The molecular weight excluding hydrogens is 640 g/mol. The highest BCUT2D eigenvalue weighted by Crippen LogP contribution is 2.42. The maximum absolute atomic E-state index is 14.0. The lowest BCUT2D eigenvalue weighted by Gasteiger charge is -2.29. The monoisotopic (exact) mass is 688 g/mol. The summed E-state index contributed by atoms with van der Waals surface area (Å²) in [7, 11) is 0. The van der Waals surface area contributed by atoms with Crippen LogP contribution in [0, 0.1) is 5.92 Å². The second-order valence-electron chi connectivity index (χ2n) is 14.7. The summed E-state index contributed by atoms with van der Waals surface area (Å²) in [6.07, 6.45) is 4.40. The molecule has 7 rings (SSSR count). The molecule has 3 atom stereocenters. The minimum atomic E-state index is -0.272. The number of hydrogen-bond acceptors (Lipinski definition) is 7. The Kier molecular flexibility index (Phi) is 10.2. The number of piperidine rings is 1. The van der Waals surface area contributed by atoms with Crippen molar-refractivity contribution in [2.45, 2.75) is 96.5 Å². The number of amides is 2. The molecule has 2 fully saturated rings. The number of nitrogens with one attached hydrogen (secondary N) is 2. The molecule has 0 spiro atoms. The molecular formula is C41H48N6O4. The van der Waals surface area contributed by atoms with Gasteiger partial charge in [-0.15, -0.1) is 5.10 Å². The lowest BCUT2D eigenvalue weighted by molar-refractivity contribution is -0.122. The Morgan fingerprint density at radius 3 is 2.45 bits per heavy atom. The second kappa shape index (κ2) is 14.9. The Bertz CT molecular complexity index is 1900. The molecule has 3 aromatic carbocycles. The number of benzene rings is 3. The van der Waals surface area contributed by atoms with E-state index >= 15 is 0 Å². The number of para-hydroxylation sites is 1. The molecule has 3 heterocycles. The molecule has 0 radical (unpaired) electrons. The van der Waals surface area contributed by atoms with Crippen LogP contribution in [0.1, 0.15) is 76.0 Å². The van der Waals surface area contributed by atoms with E-state index in [0.29, 0.717) is 70.2 Å². The number of unbranched alkanes of at least 4 members (excludes halogenated alkanes) is 1. The van der Waals surface area contributed by atoms with Crippen LogP contribution in [0.15, 0.2) is 72.8 Å². The average molecular weight is 689 g/mol. The van der Waals surface area contributed by atoms with Gasteiger partial charge in [0.05, 0.1) is 36.1 Å². The number of ketones is 1. The zero-order chi connectivity index (χ0) is 35.5. The van der Waals surface area contributed by atoms with E-state index in [9.17, 15) is 14.4 Å². The molecule has 2 amide bonds. The third-order valence-corrected chi connectivity index (χ3v) is 10.4. The first-order valence-corrected chi connectivity index (χ1v) is 18.4. The quantitative estimate of drug-likeness (QED) is 0.159. The fourth-order valence-corrected chi connectivity index (χ4v) is 7.54. The van der Waals surface area contributed by atoms with Gasteiger partial charge < -0.3 is 20.3 Å². The summed E-state index contributed by atoms with van der Waals surface area (Å²) in [4.78, 5) is 40.9. The highest BCUT2D eigenvalue weighted by molar-refractivity contribution is 6.00. The van der Waals surface area contributed by atoms with Crippen molar-refractivity contribution in [1.29, 1.82) is 0 Å². The summed E-state index contributed by atoms with van der Waals surface area (Å²) in [5.41, 5.74) is 7.27. The third-order valence-electron chi connectivity index (χ3n) is 10.4. The number of nitrogens with zero attached hydrogens (tertiary/aromatic N) is 4. The van der Waals surface area contributed by atoms with Crippen LogP contribution in [-0.2, 0) is 38.6 Å². The zero-order valence-corrected chi connectivity index (χ0v) is 29.9. The van der Waals surface area contributed by atoms with Gasteiger partial charge in [0.2, 0.25) is 11.8 Å². The van der Waals surface area contributed by atoms with Gasteiger partial charge in [-0.2, -0.15) is 0 Å². The van der Waals surface area contributed by atoms with Crippen LogP contribution in [0.5, 0.6) is 0 Å². The van der Waals surface area contributed by atoms with E-state index in [1.54, 1.807) is 0 Å². The first-order valence-electron chi connectivity index (χ1n) is 18.4. The van der Waals surface area contributed by atoms with Crippen molar-refractivity contribution in [2.24, 2.45) is 5.92 Å². The van der Waals surface area contributed by atoms with E-state index in [1.165, 1.54) is 0 Å². The highest BCUT2D eigenvalue weighted by Gasteiger charge is 2.52. The lowest BCUT2D eigenvalue weighted by Crippen LogP contribution is -2.33. The molecule has 1 aliphatic carbocycles.